The molecule has 29 heavy (non-hydrogen) atoms. The van der Waals surface area contributed by atoms with Crippen molar-refractivity contribution in [1.82, 2.24) is 20.0 Å². The predicted octanol–water partition coefficient (Wildman–Crippen LogP) is 2.78. The molecule has 1 aliphatic rings. The molecule has 1 aromatic heterocycles. The van der Waals surface area contributed by atoms with Gasteiger partial charge in [0.05, 0.1) is 12.2 Å². The first-order valence-corrected chi connectivity index (χ1v) is 10.6. The normalized spacial score (nSPS) is 19.8. The SMILES string of the molecule is CC1CC(C)CN(CCCNC(=O)CCn2nc(-c3ccccc3)ccc2=O)C1. The largest absolute Gasteiger partial charge is 0.356 e. The molecule has 0 spiro atoms. The van der Waals surface area contributed by atoms with Crippen molar-refractivity contribution in [2.75, 3.05) is 26.2 Å². The number of aromatic nitrogens is 2. The number of amides is 1. The molecule has 1 saturated heterocycles. The zero-order valence-electron chi connectivity index (χ0n) is 17.5. The third kappa shape index (κ3) is 6.53. The zero-order chi connectivity index (χ0) is 20.6. The van der Waals surface area contributed by atoms with Crippen molar-refractivity contribution >= 4 is 5.91 Å². The van der Waals surface area contributed by atoms with Crippen LogP contribution >= 0.6 is 0 Å². The lowest BCUT2D eigenvalue weighted by Gasteiger charge is -2.34. The maximum absolute atomic E-state index is 12.2. The van der Waals surface area contributed by atoms with Gasteiger partial charge in [-0.15, -0.1) is 0 Å². The zero-order valence-corrected chi connectivity index (χ0v) is 17.5. The lowest BCUT2D eigenvalue weighted by atomic mass is 9.92. The van der Waals surface area contributed by atoms with E-state index >= 15 is 0 Å². The van der Waals surface area contributed by atoms with Crippen LogP contribution < -0.4 is 10.9 Å². The van der Waals surface area contributed by atoms with Crippen molar-refractivity contribution in [2.24, 2.45) is 11.8 Å². The Morgan fingerprint density at radius 3 is 2.52 bits per heavy atom. The fourth-order valence-electron chi connectivity index (χ4n) is 4.17. The van der Waals surface area contributed by atoms with Gasteiger partial charge in [0.15, 0.2) is 0 Å². The predicted molar refractivity (Wildman–Crippen MR) is 116 cm³/mol. The Morgan fingerprint density at radius 2 is 1.79 bits per heavy atom. The molecule has 0 aliphatic carbocycles. The monoisotopic (exact) mass is 396 g/mol. The van der Waals surface area contributed by atoms with Crippen molar-refractivity contribution in [3.05, 3.63) is 52.8 Å². The van der Waals surface area contributed by atoms with Gasteiger partial charge >= 0.3 is 0 Å². The van der Waals surface area contributed by atoms with Crippen LogP contribution in [0.15, 0.2) is 47.3 Å². The highest BCUT2D eigenvalue weighted by Crippen LogP contribution is 2.20. The molecule has 0 bridgehead atoms. The van der Waals surface area contributed by atoms with Gasteiger partial charge < -0.3 is 10.2 Å². The molecule has 2 unspecified atom stereocenters. The minimum Gasteiger partial charge on any atom is -0.356 e. The average molecular weight is 397 g/mol. The Kier molecular flexibility index (Phi) is 7.58. The van der Waals surface area contributed by atoms with Crippen molar-refractivity contribution in [3.8, 4) is 11.3 Å². The molecule has 0 saturated carbocycles. The van der Waals surface area contributed by atoms with Gasteiger partial charge in [-0.2, -0.15) is 5.10 Å². The summed E-state index contributed by atoms with van der Waals surface area (Å²) in [6, 6.07) is 12.9. The van der Waals surface area contributed by atoms with Crippen LogP contribution in [0.4, 0.5) is 0 Å². The Balaban J connectivity index is 1.42. The van der Waals surface area contributed by atoms with Crippen LogP contribution in [0.25, 0.3) is 11.3 Å². The molecule has 2 atom stereocenters. The summed E-state index contributed by atoms with van der Waals surface area (Å²) in [7, 11) is 0. The van der Waals surface area contributed by atoms with E-state index in [0.29, 0.717) is 6.54 Å². The molecule has 3 rings (SSSR count). The maximum Gasteiger partial charge on any atom is 0.266 e. The number of nitrogens with zero attached hydrogens (tertiary/aromatic N) is 3. The smallest absolute Gasteiger partial charge is 0.266 e. The van der Waals surface area contributed by atoms with Crippen LogP contribution in [-0.4, -0.2) is 46.8 Å². The van der Waals surface area contributed by atoms with Gasteiger partial charge in [0.25, 0.3) is 5.56 Å². The quantitative estimate of drug-likeness (QED) is 0.697. The molecule has 156 valence electrons. The average Bonchev–Trinajstić information content (AvgIpc) is 2.70. The van der Waals surface area contributed by atoms with E-state index in [4.69, 9.17) is 0 Å². The van der Waals surface area contributed by atoms with Crippen LogP contribution in [0.3, 0.4) is 0 Å². The van der Waals surface area contributed by atoms with E-state index in [2.05, 4.69) is 29.2 Å². The molecule has 1 aromatic carbocycles. The molecule has 2 aromatic rings. The standard InChI is InChI=1S/C23H32N4O2/c1-18-15-19(2)17-26(16-18)13-6-12-24-22(28)11-14-27-23(29)10-9-21(25-27)20-7-4-3-5-8-20/h3-5,7-10,18-19H,6,11-17H2,1-2H3,(H,24,28). The van der Waals surface area contributed by atoms with Gasteiger partial charge in [0.2, 0.25) is 5.91 Å². The minimum atomic E-state index is -0.189. The molecule has 6 heteroatoms. The fraction of sp³-hybridized carbons (Fsp3) is 0.522. The molecule has 6 nitrogen and oxygen atoms in total. The van der Waals surface area contributed by atoms with Crippen LogP contribution in [0.1, 0.15) is 33.1 Å². The van der Waals surface area contributed by atoms with E-state index in [0.717, 1.165) is 49.1 Å². The minimum absolute atomic E-state index is 0.0378. The number of likely N-dealkylation sites (tertiary alicyclic amines) is 1. The first-order valence-electron chi connectivity index (χ1n) is 10.6. The number of benzene rings is 1. The summed E-state index contributed by atoms with van der Waals surface area (Å²) in [6.07, 6.45) is 2.52. The number of hydrogen-bond acceptors (Lipinski definition) is 4. The first-order chi connectivity index (χ1) is 14.0. The number of rotatable bonds is 8. The van der Waals surface area contributed by atoms with Crippen LogP contribution in [-0.2, 0) is 11.3 Å². The summed E-state index contributed by atoms with van der Waals surface area (Å²) in [5.74, 6) is 1.47. The van der Waals surface area contributed by atoms with Crippen molar-refractivity contribution in [2.45, 2.75) is 39.7 Å². The van der Waals surface area contributed by atoms with Gasteiger partial charge in [-0.25, -0.2) is 4.68 Å². The molecular formula is C23H32N4O2. The second-order valence-corrected chi connectivity index (χ2v) is 8.31. The number of hydrogen-bond donors (Lipinski definition) is 1. The highest BCUT2D eigenvalue weighted by atomic mass is 16.2. The van der Waals surface area contributed by atoms with Crippen LogP contribution in [0.2, 0.25) is 0 Å². The van der Waals surface area contributed by atoms with E-state index in [1.54, 1.807) is 6.07 Å². The summed E-state index contributed by atoms with van der Waals surface area (Å²) in [5.41, 5.74) is 1.49. The third-order valence-corrected chi connectivity index (χ3v) is 5.40. The Hall–Kier alpha value is -2.47. The Morgan fingerprint density at radius 1 is 1.07 bits per heavy atom. The number of nitrogens with one attached hydrogen (secondary N) is 1. The number of aryl methyl sites for hydroxylation is 1. The van der Waals surface area contributed by atoms with Crippen molar-refractivity contribution in [3.63, 3.8) is 0 Å². The van der Waals surface area contributed by atoms with E-state index in [-0.39, 0.29) is 24.4 Å². The summed E-state index contributed by atoms with van der Waals surface area (Å²) < 4.78 is 1.37. The highest BCUT2D eigenvalue weighted by Gasteiger charge is 2.21. The molecular weight excluding hydrogens is 364 g/mol. The molecule has 2 heterocycles. The van der Waals surface area contributed by atoms with Crippen LogP contribution in [0.5, 0.6) is 0 Å². The van der Waals surface area contributed by atoms with E-state index < -0.39 is 0 Å². The maximum atomic E-state index is 12.2. The molecule has 1 N–H and O–H groups in total. The van der Waals surface area contributed by atoms with Gasteiger partial charge in [-0.05, 0) is 37.3 Å². The highest BCUT2D eigenvalue weighted by molar-refractivity contribution is 5.75. The van der Waals surface area contributed by atoms with Gasteiger partial charge in [-0.1, -0.05) is 44.2 Å². The van der Waals surface area contributed by atoms with Crippen molar-refractivity contribution in [1.29, 1.82) is 0 Å². The lowest BCUT2D eigenvalue weighted by Crippen LogP contribution is -2.40. The first kappa shape index (κ1) is 21.2. The Bertz CT molecular complexity index is 839. The topological polar surface area (TPSA) is 67.2 Å². The van der Waals surface area contributed by atoms with E-state index in [1.165, 1.54) is 17.2 Å². The number of carbonyl (C=O) groups is 1. The fourth-order valence-corrected chi connectivity index (χ4v) is 4.17. The number of piperidine rings is 1. The second-order valence-electron chi connectivity index (χ2n) is 8.31. The third-order valence-electron chi connectivity index (χ3n) is 5.40. The van der Waals surface area contributed by atoms with Gasteiger partial charge in [0, 0.05) is 37.7 Å². The van der Waals surface area contributed by atoms with Gasteiger partial charge in [-0.3, -0.25) is 9.59 Å². The molecule has 1 amide bonds. The second kappa shape index (κ2) is 10.3. The Labute approximate surface area is 172 Å². The summed E-state index contributed by atoms with van der Waals surface area (Å²) >= 11 is 0. The number of carbonyl (C=O) groups excluding carboxylic acids is 1. The van der Waals surface area contributed by atoms with E-state index in [9.17, 15) is 9.59 Å². The summed E-state index contributed by atoms with van der Waals surface area (Å²) in [4.78, 5) is 26.7. The molecule has 0 radical (unpaired) electrons. The van der Waals surface area contributed by atoms with Crippen LogP contribution in [0, 0.1) is 11.8 Å². The molecule has 1 fully saturated rings. The summed E-state index contributed by atoms with van der Waals surface area (Å²) in [6.45, 7) is 8.92. The molecule has 1 aliphatic heterocycles. The summed E-state index contributed by atoms with van der Waals surface area (Å²) in [5, 5.41) is 7.38. The van der Waals surface area contributed by atoms with Crippen molar-refractivity contribution < 1.29 is 4.79 Å². The lowest BCUT2D eigenvalue weighted by molar-refractivity contribution is -0.121. The van der Waals surface area contributed by atoms with E-state index in [1.807, 2.05) is 30.3 Å². The van der Waals surface area contributed by atoms with Gasteiger partial charge in [0.1, 0.15) is 0 Å².